The van der Waals surface area contributed by atoms with E-state index in [0.29, 0.717) is 16.9 Å². The van der Waals surface area contributed by atoms with Crippen LogP contribution in [0.5, 0.6) is 0 Å². The Labute approximate surface area is 144 Å². The van der Waals surface area contributed by atoms with Crippen molar-refractivity contribution in [3.8, 4) is 0 Å². The molecular weight excluding hydrogens is 324 g/mol. The van der Waals surface area contributed by atoms with Crippen molar-refractivity contribution in [2.24, 2.45) is 0 Å². The van der Waals surface area contributed by atoms with E-state index in [1.165, 1.54) is 18.7 Å². The van der Waals surface area contributed by atoms with Crippen molar-refractivity contribution in [3.05, 3.63) is 60.2 Å². The van der Waals surface area contributed by atoms with Crippen molar-refractivity contribution in [1.29, 1.82) is 0 Å². The van der Waals surface area contributed by atoms with Crippen molar-refractivity contribution in [1.82, 2.24) is 0 Å². The number of carbonyl (C=O) groups excluding carboxylic acids is 3. The molecule has 2 rings (SSSR count). The second-order valence-electron chi connectivity index (χ2n) is 5.09. The van der Waals surface area contributed by atoms with Gasteiger partial charge in [0.25, 0.3) is 0 Å². The average molecular weight is 342 g/mol. The zero-order valence-corrected chi connectivity index (χ0v) is 14.1. The van der Waals surface area contributed by atoms with Gasteiger partial charge >= 0.3 is 0 Å². The molecule has 0 saturated heterocycles. The van der Waals surface area contributed by atoms with Crippen molar-refractivity contribution in [2.75, 3.05) is 22.1 Å². The SMILES string of the molecule is CC(=O)Nc1ccc(NC(=O)CSCC(=O)c2ccccc2)cc1. The van der Waals surface area contributed by atoms with E-state index in [2.05, 4.69) is 10.6 Å². The number of nitrogens with one attached hydrogen (secondary N) is 2. The van der Waals surface area contributed by atoms with E-state index in [-0.39, 0.29) is 29.1 Å². The normalized spacial score (nSPS) is 10.0. The summed E-state index contributed by atoms with van der Waals surface area (Å²) < 4.78 is 0. The molecule has 0 radical (unpaired) electrons. The van der Waals surface area contributed by atoms with Crippen molar-refractivity contribution in [3.63, 3.8) is 0 Å². The molecule has 2 aromatic rings. The summed E-state index contributed by atoms with van der Waals surface area (Å²) in [7, 11) is 0. The van der Waals surface area contributed by atoms with Gasteiger partial charge in [0.15, 0.2) is 5.78 Å². The Hall–Kier alpha value is -2.60. The quantitative estimate of drug-likeness (QED) is 0.758. The lowest BCUT2D eigenvalue weighted by Crippen LogP contribution is -2.15. The summed E-state index contributed by atoms with van der Waals surface area (Å²) in [5, 5.41) is 5.41. The Bertz CT molecular complexity index is 715. The van der Waals surface area contributed by atoms with E-state index >= 15 is 0 Å². The van der Waals surface area contributed by atoms with Gasteiger partial charge in [0.2, 0.25) is 11.8 Å². The maximum atomic E-state index is 11.9. The summed E-state index contributed by atoms with van der Waals surface area (Å²) in [6.45, 7) is 1.43. The van der Waals surface area contributed by atoms with Crippen LogP contribution in [0.3, 0.4) is 0 Å². The first-order valence-electron chi connectivity index (χ1n) is 7.38. The molecule has 2 amide bonds. The summed E-state index contributed by atoms with van der Waals surface area (Å²) in [4.78, 5) is 34.7. The summed E-state index contributed by atoms with van der Waals surface area (Å²) in [6.07, 6.45) is 0. The fourth-order valence-corrected chi connectivity index (χ4v) is 2.69. The van der Waals surface area contributed by atoms with Crippen LogP contribution in [0.1, 0.15) is 17.3 Å². The molecule has 2 aromatic carbocycles. The van der Waals surface area contributed by atoms with Crippen LogP contribution in [-0.2, 0) is 9.59 Å². The first-order chi connectivity index (χ1) is 11.5. The molecular formula is C18H18N2O3S. The van der Waals surface area contributed by atoms with E-state index in [4.69, 9.17) is 0 Å². The number of amides is 2. The number of hydrogen-bond donors (Lipinski definition) is 2. The third kappa shape index (κ3) is 5.89. The van der Waals surface area contributed by atoms with Gasteiger partial charge in [-0.05, 0) is 24.3 Å². The van der Waals surface area contributed by atoms with E-state index in [9.17, 15) is 14.4 Å². The molecule has 0 fully saturated rings. The molecule has 0 aliphatic carbocycles. The lowest BCUT2D eigenvalue weighted by Gasteiger charge is -2.07. The lowest BCUT2D eigenvalue weighted by molar-refractivity contribution is -0.114. The standard InChI is InChI=1S/C18H18N2O3S/c1-13(21)19-15-7-9-16(10-8-15)20-18(23)12-24-11-17(22)14-5-3-2-4-6-14/h2-10H,11-12H2,1H3,(H,19,21)(H,20,23). The van der Waals surface area contributed by atoms with Crippen LogP contribution in [0.4, 0.5) is 11.4 Å². The molecule has 124 valence electrons. The Kier molecular flexibility index (Phi) is 6.57. The topological polar surface area (TPSA) is 75.3 Å². The van der Waals surface area contributed by atoms with Gasteiger partial charge in [0.1, 0.15) is 0 Å². The van der Waals surface area contributed by atoms with Crippen LogP contribution in [0.15, 0.2) is 54.6 Å². The van der Waals surface area contributed by atoms with Crippen LogP contribution in [0.2, 0.25) is 0 Å². The Morgan fingerprint density at radius 2 is 1.42 bits per heavy atom. The van der Waals surface area contributed by atoms with Crippen molar-refractivity contribution < 1.29 is 14.4 Å². The molecule has 5 nitrogen and oxygen atoms in total. The number of rotatable bonds is 7. The minimum absolute atomic E-state index is 0.00746. The molecule has 24 heavy (non-hydrogen) atoms. The molecule has 0 aliphatic heterocycles. The van der Waals surface area contributed by atoms with E-state index in [0.717, 1.165) is 0 Å². The number of benzene rings is 2. The number of hydrogen-bond acceptors (Lipinski definition) is 4. The fourth-order valence-electron chi connectivity index (χ4n) is 1.98. The number of anilines is 2. The first-order valence-corrected chi connectivity index (χ1v) is 8.53. The summed E-state index contributed by atoms with van der Waals surface area (Å²) in [6, 6.07) is 15.9. The first kappa shape index (κ1) is 17.7. The molecule has 0 atom stereocenters. The van der Waals surface area contributed by atoms with E-state index in [1.807, 2.05) is 18.2 Å². The molecule has 0 bridgehead atoms. The monoisotopic (exact) mass is 342 g/mol. The Morgan fingerprint density at radius 1 is 0.833 bits per heavy atom. The zero-order valence-electron chi connectivity index (χ0n) is 13.2. The third-order valence-electron chi connectivity index (χ3n) is 3.05. The predicted octanol–water partition coefficient (Wildman–Crippen LogP) is 3.20. The van der Waals surface area contributed by atoms with Crippen molar-refractivity contribution >= 4 is 40.7 Å². The molecule has 6 heteroatoms. The third-order valence-corrected chi connectivity index (χ3v) is 3.98. The zero-order chi connectivity index (χ0) is 17.4. The van der Waals surface area contributed by atoms with Gasteiger partial charge < -0.3 is 10.6 Å². The summed E-state index contributed by atoms with van der Waals surface area (Å²) in [5.74, 6) is 0.151. The van der Waals surface area contributed by atoms with Crippen LogP contribution in [0, 0.1) is 0 Å². The highest BCUT2D eigenvalue weighted by atomic mass is 32.2. The average Bonchev–Trinajstić information content (AvgIpc) is 2.57. The highest BCUT2D eigenvalue weighted by Gasteiger charge is 2.08. The Balaban J connectivity index is 1.75. The maximum Gasteiger partial charge on any atom is 0.234 e. The van der Waals surface area contributed by atoms with Gasteiger partial charge in [0.05, 0.1) is 11.5 Å². The second-order valence-corrected chi connectivity index (χ2v) is 6.07. The molecule has 0 aromatic heterocycles. The maximum absolute atomic E-state index is 11.9. The number of ketones is 1. The minimum atomic E-state index is -0.173. The van der Waals surface area contributed by atoms with Crippen molar-refractivity contribution in [2.45, 2.75) is 6.92 Å². The molecule has 0 heterocycles. The van der Waals surface area contributed by atoms with Crippen LogP contribution < -0.4 is 10.6 Å². The smallest absolute Gasteiger partial charge is 0.234 e. The number of carbonyl (C=O) groups is 3. The summed E-state index contributed by atoms with van der Waals surface area (Å²) >= 11 is 1.28. The molecule has 2 N–H and O–H groups in total. The predicted molar refractivity (Wildman–Crippen MR) is 97.5 cm³/mol. The minimum Gasteiger partial charge on any atom is -0.326 e. The molecule has 0 unspecified atom stereocenters. The fraction of sp³-hybridized carbons (Fsp3) is 0.167. The van der Waals surface area contributed by atoms with E-state index in [1.54, 1.807) is 36.4 Å². The van der Waals surface area contributed by atoms with Gasteiger partial charge in [-0.15, -0.1) is 11.8 Å². The van der Waals surface area contributed by atoms with Gasteiger partial charge in [-0.2, -0.15) is 0 Å². The van der Waals surface area contributed by atoms with Gasteiger partial charge in [-0.1, -0.05) is 30.3 Å². The highest BCUT2D eigenvalue weighted by molar-refractivity contribution is 8.00. The van der Waals surface area contributed by atoms with Gasteiger partial charge in [0, 0.05) is 23.9 Å². The van der Waals surface area contributed by atoms with Crippen LogP contribution >= 0.6 is 11.8 Å². The highest BCUT2D eigenvalue weighted by Crippen LogP contribution is 2.14. The number of thioether (sulfide) groups is 1. The molecule has 0 saturated carbocycles. The summed E-state index contributed by atoms with van der Waals surface area (Å²) in [5.41, 5.74) is 1.96. The van der Waals surface area contributed by atoms with Crippen LogP contribution in [-0.4, -0.2) is 29.1 Å². The number of Topliss-reactive ketones (excluding diaryl/α,β-unsaturated/α-hetero) is 1. The molecule has 0 aliphatic rings. The molecule has 0 spiro atoms. The van der Waals surface area contributed by atoms with Gasteiger partial charge in [-0.25, -0.2) is 0 Å². The largest absolute Gasteiger partial charge is 0.326 e. The second kappa shape index (κ2) is 8.88. The Morgan fingerprint density at radius 3 is 2.00 bits per heavy atom. The van der Waals surface area contributed by atoms with Crippen LogP contribution in [0.25, 0.3) is 0 Å². The van der Waals surface area contributed by atoms with Gasteiger partial charge in [-0.3, -0.25) is 14.4 Å². The lowest BCUT2D eigenvalue weighted by atomic mass is 10.2. The van der Waals surface area contributed by atoms with E-state index < -0.39 is 0 Å².